The Morgan fingerprint density at radius 2 is 1.41 bits per heavy atom. The second kappa shape index (κ2) is 22.2. The van der Waals surface area contributed by atoms with Crippen LogP contribution in [0.5, 0.6) is 12.0 Å². The molecule has 0 spiro atoms. The Labute approximate surface area is 427 Å². The van der Waals surface area contributed by atoms with Crippen LogP contribution < -0.4 is 9.47 Å². The van der Waals surface area contributed by atoms with Gasteiger partial charge in [-0.2, -0.15) is 9.97 Å². The molecule has 3 saturated heterocycles. The molecule has 3 aliphatic rings. The van der Waals surface area contributed by atoms with E-state index in [0.29, 0.717) is 76.9 Å². The number of halogens is 4. The van der Waals surface area contributed by atoms with Gasteiger partial charge in [-0.05, 0) is 42.4 Å². The van der Waals surface area contributed by atoms with E-state index >= 15 is 0 Å². The fourth-order valence-electron chi connectivity index (χ4n) is 8.08. The standard InChI is InChI=1S/C31H35BrClN3O5Si.C18H17BrClN3O4/c1-42(2,3)14-13-37-19-36-25-16-24(33)28(20-9-11-22(32)12-10-20)34-29(25)35-31(36)40-23-15-26-27(38-17-23)18-39-30(41-26)21-7-5-4-6-8-21;19-10-3-1-9(2-4-10)16-12(20)6-13-17(22-16)23-18(21-13)27-11-5-14(25)15(7-24)26-8-11/h4-12,16,23,26-27,30H,13-15,17-19H2,1-3H3;1-4,6,11,14-15,24-25H,5,7-8H2,(H,21,22,23)/t23-,26+,27-,30?;11-,14+,15-/m11/s1. The van der Waals surface area contributed by atoms with E-state index in [1.165, 1.54) is 0 Å². The molecule has 0 amide bonds. The molecule has 7 atom stereocenters. The maximum Gasteiger partial charge on any atom is 0.301 e. The number of ether oxygens (including phenoxy) is 7. The highest BCUT2D eigenvalue weighted by Gasteiger charge is 2.40. The smallest absolute Gasteiger partial charge is 0.301 e. The molecule has 15 nitrogen and oxygen atoms in total. The molecule has 3 N–H and O–H groups in total. The number of imidazole rings is 2. The Morgan fingerprint density at radius 1 is 0.754 bits per heavy atom. The molecule has 364 valence electrons. The number of aliphatic hydroxyl groups is 2. The third kappa shape index (κ3) is 12.4. The first kappa shape index (κ1) is 49.9. The number of fused-ring (bicyclic) bond motifs is 3. The van der Waals surface area contributed by atoms with Gasteiger partial charge in [0.15, 0.2) is 17.6 Å². The summed E-state index contributed by atoms with van der Waals surface area (Å²) < 4.78 is 46.1. The van der Waals surface area contributed by atoms with E-state index in [9.17, 15) is 5.11 Å². The highest BCUT2D eigenvalue weighted by Crippen LogP contribution is 2.36. The number of nitrogens with one attached hydrogen (secondary N) is 1. The lowest BCUT2D eigenvalue weighted by Gasteiger charge is -2.41. The zero-order valence-electron chi connectivity index (χ0n) is 38.1. The molecule has 4 aromatic heterocycles. The lowest BCUT2D eigenvalue weighted by atomic mass is 10.0. The second-order valence-electron chi connectivity index (χ2n) is 18.3. The normalized spacial score (nSPS) is 22.8. The van der Waals surface area contributed by atoms with Crippen molar-refractivity contribution < 1.29 is 43.4 Å². The van der Waals surface area contributed by atoms with Gasteiger partial charge in [-0.3, -0.25) is 4.57 Å². The first-order chi connectivity index (χ1) is 33.3. The van der Waals surface area contributed by atoms with Crippen LogP contribution in [0.25, 0.3) is 44.8 Å². The number of aliphatic hydroxyl groups excluding tert-OH is 2. The molecule has 1 unspecified atom stereocenters. The molecule has 0 saturated carbocycles. The summed E-state index contributed by atoms with van der Waals surface area (Å²) in [5.41, 5.74) is 6.52. The van der Waals surface area contributed by atoms with Crippen molar-refractivity contribution in [3.8, 4) is 34.5 Å². The molecule has 7 heterocycles. The third-order valence-corrected chi connectivity index (χ3v) is 15.2. The first-order valence-corrected chi connectivity index (χ1v) is 28.7. The molecule has 0 bridgehead atoms. The molecule has 3 aromatic carbocycles. The SMILES string of the molecule is C[Si](C)(C)CCOCn1c(O[C@H]2CO[C@@H]3COC(c4ccccc4)O[C@H]3C2)nc2nc(-c3ccc(Br)cc3)c(Cl)cc21.OC[C@H]1OC[C@H](Oc2nc3nc(-c4ccc(Br)cc4)c(Cl)cc3[nH]2)C[C@@H]1O. The zero-order chi connectivity index (χ0) is 48.2. The van der Waals surface area contributed by atoms with Crippen LogP contribution in [0.3, 0.4) is 0 Å². The monoisotopic (exact) mass is 1120 g/mol. The Morgan fingerprint density at radius 3 is 2.07 bits per heavy atom. The minimum absolute atomic E-state index is 0.137. The summed E-state index contributed by atoms with van der Waals surface area (Å²) in [6.07, 6.45) is -1.72. The summed E-state index contributed by atoms with van der Waals surface area (Å²) in [4.78, 5) is 21.6. The first-order valence-electron chi connectivity index (χ1n) is 22.7. The number of H-pyrrole nitrogens is 1. The van der Waals surface area contributed by atoms with Gasteiger partial charge >= 0.3 is 6.01 Å². The highest BCUT2D eigenvalue weighted by atomic mass is 79.9. The quantitative estimate of drug-likeness (QED) is 0.0735. The number of benzene rings is 3. The summed E-state index contributed by atoms with van der Waals surface area (Å²) in [6.45, 7) is 8.87. The largest absolute Gasteiger partial charge is 0.459 e. The van der Waals surface area contributed by atoms with Crippen LogP contribution in [0.1, 0.15) is 24.7 Å². The van der Waals surface area contributed by atoms with Crippen molar-refractivity contribution in [2.24, 2.45) is 0 Å². The molecule has 20 heteroatoms. The van der Waals surface area contributed by atoms with Gasteiger partial charge in [-0.15, -0.1) is 0 Å². The van der Waals surface area contributed by atoms with Gasteiger partial charge < -0.3 is 48.4 Å². The molecule has 10 rings (SSSR count). The number of nitrogens with zero attached hydrogens (tertiary/aromatic N) is 5. The lowest BCUT2D eigenvalue weighted by Crippen LogP contribution is -2.50. The molecule has 0 radical (unpaired) electrons. The minimum atomic E-state index is -1.25. The average Bonchev–Trinajstić information content (AvgIpc) is 3.88. The van der Waals surface area contributed by atoms with Crippen molar-refractivity contribution in [3.63, 3.8) is 0 Å². The van der Waals surface area contributed by atoms with Crippen LogP contribution in [-0.2, 0) is 30.4 Å². The van der Waals surface area contributed by atoms with E-state index in [1.807, 2.05) is 89.5 Å². The van der Waals surface area contributed by atoms with Crippen LogP contribution in [-0.4, -0.2) is 117 Å². The third-order valence-electron chi connectivity index (χ3n) is 11.9. The van der Waals surface area contributed by atoms with Crippen LogP contribution in [0, 0.1) is 0 Å². The van der Waals surface area contributed by atoms with Crippen molar-refractivity contribution in [2.45, 2.75) is 88.2 Å². The zero-order valence-corrected chi connectivity index (χ0v) is 43.7. The van der Waals surface area contributed by atoms with Crippen molar-refractivity contribution in [2.75, 3.05) is 33.0 Å². The van der Waals surface area contributed by atoms with E-state index in [2.05, 4.69) is 66.5 Å². The summed E-state index contributed by atoms with van der Waals surface area (Å²) in [5.74, 6) is 0. The van der Waals surface area contributed by atoms with Crippen LogP contribution in [0.4, 0.5) is 0 Å². The average molecular weight is 1130 g/mol. The molecule has 0 aliphatic carbocycles. The van der Waals surface area contributed by atoms with Crippen LogP contribution >= 0.6 is 55.1 Å². The van der Waals surface area contributed by atoms with Crippen molar-refractivity contribution in [3.05, 3.63) is 116 Å². The number of hydrogen-bond donors (Lipinski definition) is 3. The molecular weight excluding hydrogens is 1080 g/mol. The molecule has 7 aromatic rings. The maximum atomic E-state index is 9.95. The van der Waals surface area contributed by atoms with Crippen molar-refractivity contribution in [1.29, 1.82) is 0 Å². The second-order valence-corrected chi connectivity index (χ2v) is 26.5. The number of pyridine rings is 2. The molecule has 3 fully saturated rings. The fraction of sp³-hybridized carbons (Fsp3) is 0.388. The van der Waals surface area contributed by atoms with Gasteiger partial charge in [-0.25, -0.2) is 9.97 Å². The number of aromatic amines is 1. The number of rotatable bonds is 13. The van der Waals surface area contributed by atoms with Gasteiger partial charge in [-0.1, -0.05) is 129 Å². The molecule has 69 heavy (non-hydrogen) atoms. The van der Waals surface area contributed by atoms with E-state index in [0.717, 1.165) is 37.2 Å². The van der Waals surface area contributed by atoms with Gasteiger partial charge in [0.2, 0.25) is 0 Å². The predicted molar refractivity (Wildman–Crippen MR) is 272 cm³/mol. The Kier molecular flexibility index (Phi) is 16.0. The van der Waals surface area contributed by atoms with Crippen LogP contribution in [0.2, 0.25) is 35.7 Å². The lowest BCUT2D eigenvalue weighted by molar-refractivity contribution is -0.286. The van der Waals surface area contributed by atoms with Gasteiger partial charge in [0, 0.05) is 53.2 Å². The summed E-state index contributed by atoms with van der Waals surface area (Å²) in [7, 11) is -1.25. The van der Waals surface area contributed by atoms with Crippen molar-refractivity contribution in [1.82, 2.24) is 29.5 Å². The van der Waals surface area contributed by atoms with E-state index in [1.54, 1.807) is 6.07 Å². The maximum absolute atomic E-state index is 9.95. The molecular formula is C49H52Br2Cl2N6O9Si. The highest BCUT2D eigenvalue weighted by molar-refractivity contribution is 9.10. The topological polar surface area (TPSA) is 177 Å². The number of aromatic nitrogens is 6. The van der Waals surface area contributed by atoms with Gasteiger partial charge in [0.25, 0.3) is 6.01 Å². The Balaban J connectivity index is 0.000000189. The minimum Gasteiger partial charge on any atom is -0.459 e. The van der Waals surface area contributed by atoms with E-state index in [4.69, 9.17) is 71.4 Å². The summed E-state index contributed by atoms with van der Waals surface area (Å²) in [6, 6.07) is 31.0. The Hall–Kier alpha value is -4.02. The van der Waals surface area contributed by atoms with Gasteiger partial charge in [0.05, 0.1) is 71.1 Å². The van der Waals surface area contributed by atoms with E-state index in [-0.39, 0.29) is 50.4 Å². The Bertz CT molecular complexity index is 2840. The van der Waals surface area contributed by atoms with E-state index < -0.39 is 26.6 Å². The summed E-state index contributed by atoms with van der Waals surface area (Å²) >= 11 is 20.1. The van der Waals surface area contributed by atoms with Crippen LogP contribution in [0.15, 0.2) is 99.9 Å². The van der Waals surface area contributed by atoms with Gasteiger partial charge in [0.1, 0.15) is 31.1 Å². The summed E-state index contributed by atoms with van der Waals surface area (Å²) in [5, 5.41) is 20.1. The van der Waals surface area contributed by atoms with Crippen molar-refractivity contribution >= 4 is 85.5 Å². The number of hydrogen-bond acceptors (Lipinski definition) is 13. The molecule has 3 aliphatic heterocycles. The fourth-order valence-corrected chi connectivity index (χ4v) is 9.88. The predicted octanol–water partition coefficient (Wildman–Crippen LogP) is 10.4.